The summed E-state index contributed by atoms with van der Waals surface area (Å²) in [4.78, 5) is 14.3. The van der Waals surface area contributed by atoms with Crippen molar-refractivity contribution in [1.29, 1.82) is 5.41 Å². The number of nitrogens with one attached hydrogen (secondary N) is 2. The topological polar surface area (TPSA) is 82.2 Å². The Morgan fingerprint density at radius 2 is 2.08 bits per heavy atom. The number of allylic oxidation sites excluding steroid dienone is 2. The zero-order chi connectivity index (χ0) is 18.6. The minimum absolute atomic E-state index is 0. The van der Waals surface area contributed by atoms with Gasteiger partial charge < -0.3 is 21.4 Å². The molecule has 0 unspecified atom stereocenters. The van der Waals surface area contributed by atoms with E-state index in [9.17, 15) is 4.79 Å². The van der Waals surface area contributed by atoms with Crippen LogP contribution in [0, 0.1) is 5.41 Å². The summed E-state index contributed by atoms with van der Waals surface area (Å²) < 4.78 is 0. The number of nitrogens with two attached hydrogens (primary N) is 1. The van der Waals surface area contributed by atoms with Gasteiger partial charge in [-0.25, -0.2) is 4.79 Å². The first-order valence-corrected chi connectivity index (χ1v) is 8.89. The van der Waals surface area contributed by atoms with E-state index in [2.05, 4.69) is 23.5 Å². The Labute approximate surface area is 153 Å². The van der Waals surface area contributed by atoms with Crippen molar-refractivity contribution in [1.82, 2.24) is 4.90 Å². The zero-order valence-corrected chi connectivity index (χ0v) is 15.5. The number of hydrogen-bond donors (Lipinski definition) is 3. The number of carbonyl (C=O) groups is 1. The van der Waals surface area contributed by atoms with Gasteiger partial charge in [0, 0.05) is 25.5 Å². The molecule has 3 rings (SSSR count). The Kier molecular flexibility index (Phi) is 6.02. The van der Waals surface area contributed by atoms with Gasteiger partial charge in [0.05, 0.1) is 12.6 Å². The lowest BCUT2D eigenvalue weighted by molar-refractivity contribution is 0.195. The molecule has 138 valence electrons. The van der Waals surface area contributed by atoms with Gasteiger partial charge in [-0.15, -0.1) is 0 Å². The van der Waals surface area contributed by atoms with E-state index in [1.807, 2.05) is 31.7 Å². The molecule has 1 atom stereocenters. The number of benzene rings is 1. The first-order valence-electron chi connectivity index (χ1n) is 8.89. The number of anilines is 2. The molecule has 1 aromatic rings. The van der Waals surface area contributed by atoms with Gasteiger partial charge in [0.1, 0.15) is 0 Å². The maximum Gasteiger partial charge on any atom is 0.322 e. The molecule has 4 N–H and O–H groups in total. The van der Waals surface area contributed by atoms with E-state index in [0.29, 0.717) is 17.9 Å². The van der Waals surface area contributed by atoms with Crippen LogP contribution >= 0.6 is 0 Å². The fourth-order valence-electron chi connectivity index (χ4n) is 3.11. The maximum atomic E-state index is 12.5. The number of amides is 2. The van der Waals surface area contributed by atoms with E-state index in [-0.39, 0.29) is 14.9 Å². The van der Waals surface area contributed by atoms with Crippen molar-refractivity contribution in [3.63, 3.8) is 0 Å². The van der Waals surface area contributed by atoms with Crippen LogP contribution in [0.25, 0.3) is 0 Å². The molecule has 0 radical (unpaired) electrons. The molecule has 0 bridgehead atoms. The second-order valence-electron chi connectivity index (χ2n) is 6.14. The van der Waals surface area contributed by atoms with Crippen LogP contribution in [0.15, 0.2) is 35.9 Å². The highest BCUT2D eigenvalue weighted by Crippen LogP contribution is 2.31. The molecule has 0 fully saturated rings. The van der Waals surface area contributed by atoms with Crippen LogP contribution in [0.3, 0.4) is 0 Å². The van der Waals surface area contributed by atoms with E-state index in [1.165, 1.54) is 5.57 Å². The summed E-state index contributed by atoms with van der Waals surface area (Å²) in [5, 5.41) is 10.8. The number of nitrogens with zero attached hydrogens (tertiary/aromatic N) is 1. The number of nitrogen functional groups attached to an aromatic ring is 1. The highest BCUT2D eigenvalue weighted by atomic mass is 16.2. The van der Waals surface area contributed by atoms with Crippen molar-refractivity contribution in [2.75, 3.05) is 11.1 Å². The van der Waals surface area contributed by atoms with Gasteiger partial charge in [0.25, 0.3) is 0 Å². The maximum absolute atomic E-state index is 12.5. The van der Waals surface area contributed by atoms with E-state index in [1.54, 1.807) is 13.0 Å². The lowest BCUT2D eigenvalue weighted by Gasteiger charge is -2.35. The molecule has 1 aromatic carbocycles. The van der Waals surface area contributed by atoms with Crippen LogP contribution in [0.5, 0.6) is 0 Å². The minimum atomic E-state index is -0.108. The van der Waals surface area contributed by atoms with Crippen LogP contribution in [0.4, 0.5) is 16.2 Å². The standard InChI is InChI=1S/C18H22N4O.C2H6.2H2/c1-11(19)15-8-14-10-22(12(2)13-6-4-3-5-7-13)18(23)21-17(14)9-16(15)20;1-2;;/h4,6-9,12,19H,3,5,10,20H2,1-2H3,(H,21,23);1-2H3;2*1H/t12-;;;/m1.../s1. The highest BCUT2D eigenvalue weighted by molar-refractivity contribution is 6.03. The van der Waals surface area contributed by atoms with E-state index in [4.69, 9.17) is 11.1 Å². The first kappa shape index (κ1) is 18.8. The van der Waals surface area contributed by atoms with Crippen LogP contribution in [-0.4, -0.2) is 22.7 Å². The molecule has 25 heavy (non-hydrogen) atoms. The fourth-order valence-corrected chi connectivity index (χ4v) is 3.11. The summed E-state index contributed by atoms with van der Waals surface area (Å²) in [7, 11) is 0. The SMILES string of the molecule is CC.CC(=N)c1cc2c(cc1N)NC(=O)N([C@H](C)C1=CCCC=C1)C2.[HH].[HH]. The molecule has 1 aliphatic carbocycles. The van der Waals surface area contributed by atoms with Gasteiger partial charge in [0.15, 0.2) is 0 Å². The number of urea groups is 1. The van der Waals surface area contributed by atoms with Crippen molar-refractivity contribution in [3.05, 3.63) is 47.1 Å². The summed E-state index contributed by atoms with van der Waals surface area (Å²) in [5.74, 6) is 0. The van der Waals surface area contributed by atoms with Crippen molar-refractivity contribution in [2.45, 2.75) is 53.1 Å². The summed E-state index contributed by atoms with van der Waals surface area (Å²) in [6.07, 6.45) is 8.54. The molecule has 0 saturated heterocycles. The zero-order valence-electron chi connectivity index (χ0n) is 15.5. The Bertz CT molecular complexity index is 744. The molecule has 5 heteroatoms. The van der Waals surface area contributed by atoms with Gasteiger partial charge in [-0.05, 0) is 50.0 Å². The number of hydrogen-bond acceptors (Lipinski definition) is 3. The smallest absolute Gasteiger partial charge is 0.322 e. The first-order chi connectivity index (χ1) is 12.0. The van der Waals surface area contributed by atoms with E-state index >= 15 is 0 Å². The molecule has 0 aromatic heterocycles. The third-order valence-corrected chi connectivity index (χ3v) is 4.50. The van der Waals surface area contributed by atoms with Gasteiger partial charge in [0.2, 0.25) is 0 Å². The second kappa shape index (κ2) is 8.01. The summed E-state index contributed by atoms with van der Waals surface area (Å²) in [5.41, 5.74) is 10.6. The predicted octanol–water partition coefficient (Wildman–Crippen LogP) is 5.19. The van der Waals surface area contributed by atoms with Gasteiger partial charge >= 0.3 is 6.03 Å². The average Bonchev–Trinajstić information content (AvgIpc) is 2.62. The third-order valence-electron chi connectivity index (χ3n) is 4.50. The molecule has 0 spiro atoms. The summed E-state index contributed by atoms with van der Waals surface area (Å²) in [6, 6.07) is 3.57. The number of rotatable bonds is 3. The van der Waals surface area contributed by atoms with E-state index < -0.39 is 0 Å². The van der Waals surface area contributed by atoms with Crippen molar-refractivity contribution in [3.8, 4) is 0 Å². The third kappa shape index (κ3) is 3.92. The van der Waals surface area contributed by atoms with Gasteiger partial charge in [-0.1, -0.05) is 32.1 Å². The monoisotopic (exact) mass is 344 g/mol. The Balaban J connectivity index is 0.00000164. The second-order valence-corrected chi connectivity index (χ2v) is 6.14. The summed E-state index contributed by atoms with van der Waals surface area (Å²) in [6.45, 7) is 8.29. The molecular formula is C20H32N4O. The lowest BCUT2D eigenvalue weighted by atomic mass is 9.97. The minimum Gasteiger partial charge on any atom is -0.398 e. The average molecular weight is 345 g/mol. The molecule has 2 amide bonds. The van der Waals surface area contributed by atoms with Crippen LogP contribution in [0.2, 0.25) is 0 Å². The highest BCUT2D eigenvalue weighted by Gasteiger charge is 2.28. The van der Waals surface area contributed by atoms with Gasteiger partial charge in [-0.3, -0.25) is 0 Å². The van der Waals surface area contributed by atoms with Crippen LogP contribution in [0.1, 0.15) is 54.5 Å². The largest absolute Gasteiger partial charge is 0.398 e. The molecule has 0 saturated carbocycles. The van der Waals surface area contributed by atoms with Crippen LogP contribution < -0.4 is 11.1 Å². The molecular weight excluding hydrogens is 312 g/mol. The van der Waals surface area contributed by atoms with E-state index in [0.717, 1.165) is 29.7 Å². The Morgan fingerprint density at radius 1 is 1.36 bits per heavy atom. The predicted molar refractivity (Wildman–Crippen MR) is 109 cm³/mol. The van der Waals surface area contributed by atoms with Crippen molar-refractivity contribution in [2.24, 2.45) is 0 Å². The molecule has 1 heterocycles. The molecule has 5 nitrogen and oxygen atoms in total. The molecule has 2 aliphatic rings. The lowest BCUT2D eigenvalue weighted by Crippen LogP contribution is -2.44. The van der Waals surface area contributed by atoms with Crippen molar-refractivity contribution < 1.29 is 7.65 Å². The Hall–Kier alpha value is -2.56. The number of fused-ring (bicyclic) bond motifs is 1. The van der Waals surface area contributed by atoms with Crippen molar-refractivity contribution >= 4 is 23.1 Å². The quantitative estimate of drug-likeness (QED) is 0.521. The fraction of sp³-hybridized carbons (Fsp3) is 0.400. The molecule has 1 aliphatic heterocycles. The van der Waals surface area contributed by atoms with Crippen LogP contribution in [-0.2, 0) is 6.54 Å². The van der Waals surface area contributed by atoms with Gasteiger partial charge in [-0.2, -0.15) is 0 Å². The number of carbonyl (C=O) groups excluding carboxylic acids is 1. The summed E-state index contributed by atoms with van der Waals surface area (Å²) >= 11 is 0. The Morgan fingerprint density at radius 3 is 2.68 bits per heavy atom. The normalized spacial score (nSPS) is 16.9.